The number of H-pyrrole nitrogens is 2. The van der Waals surface area contributed by atoms with Crippen LogP contribution < -0.4 is 5.32 Å². The molecule has 0 amide bonds. The molecule has 7 nitrogen and oxygen atoms in total. The molecule has 1 aromatic carbocycles. The maximum Gasteiger partial charge on any atom is 0.416 e. The minimum absolute atomic E-state index is 0.0731. The Morgan fingerprint density at radius 1 is 1.17 bits per heavy atom. The van der Waals surface area contributed by atoms with Gasteiger partial charge in [-0.2, -0.15) is 18.3 Å². The number of nitrogens with zero attached hydrogens (tertiary/aromatic N) is 2. The number of anilines is 1. The molecule has 0 bridgehead atoms. The Balaban J connectivity index is 1.33. The third-order valence-electron chi connectivity index (χ3n) is 6.34. The minimum atomic E-state index is -4.43. The normalized spacial score (nSPS) is 19.6. The fraction of sp³-hybridized carbons (Fsp3) is 0.292. The summed E-state index contributed by atoms with van der Waals surface area (Å²) in [6.07, 6.45) is -1.57. The first-order chi connectivity index (χ1) is 16.6. The largest absolute Gasteiger partial charge is 0.453 e. The topological polar surface area (TPSA) is 99.6 Å². The summed E-state index contributed by atoms with van der Waals surface area (Å²) in [6, 6.07) is 6.98. The number of nitrogens with one attached hydrogen (secondary N) is 3. The third kappa shape index (κ3) is 3.83. The molecule has 1 aliphatic carbocycles. The van der Waals surface area contributed by atoms with Crippen molar-refractivity contribution in [2.45, 2.75) is 49.0 Å². The van der Waals surface area contributed by atoms with Crippen molar-refractivity contribution in [1.29, 1.82) is 0 Å². The molecule has 1 aliphatic heterocycles. The maximum absolute atomic E-state index is 13.2. The van der Waals surface area contributed by atoms with Crippen LogP contribution in [0.2, 0.25) is 0 Å². The quantitative estimate of drug-likeness (QED) is 0.308. The van der Waals surface area contributed by atoms with E-state index in [9.17, 15) is 18.0 Å². The average molecular weight is 500 g/mol. The van der Waals surface area contributed by atoms with Crippen LogP contribution in [0.5, 0.6) is 0 Å². The van der Waals surface area contributed by atoms with Crippen molar-refractivity contribution in [3.8, 4) is 0 Å². The third-order valence-corrected chi connectivity index (χ3v) is 7.14. The second kappa shape index (κ2) is 7.51. The molecule has 0 fully saturated rings. The van der Waals surface area contributed by atoms with Crippen LogP contribution >= 0.6 is 11.8 Å². The molecule has 0 saturated carbocycles. The predicted molar refractivity (Wildman–Crippen MR) is 123 cm³/mol. The number of fused-ring (bicyclic) bond motifs is 2. The van der Waals surface area contributed by atoms with Crippen LogP contribution in [0.3, 0.4) is 0 Å². The molecule has 4 heterocycles. The van der Waals surface area contributed by atoms with Gasteiger partial charge in [0.25, 0.3) is 0 Å². The molecule has 1 atom stereocenters. The number of carbonyl (C=O) groups is 1. The van der Waals surface area contributed by atoms with Crippen molar-refractivity contribution in [1.82, 2.24) is 20.2 Å². The molecule has 1 unspecified atom stereocenters. The molecular weight excluding hydrogens is 479 g/mol. The molecule has 0 radical (unpaired) electrons. The second-order valence-electron chi connectivity index (χ2n) is 9.62. The zero-order valence-corrected chi connectivity index (χ0v) is 19.5. The average Bonchev–Trinajstić information content (AvgIpc) is 3.49. The highest BCUT2D eigenvalue weighted by atomic mass is 32.2. The summed E-state index contributed by atoms with van der Waals surface area (Å²) in [5.74, 6) is 1.00. The lowest BCUT2D eigenvalue weighted by Crippen LogP contribution is -2.33. The Morgan fingerprint density at radius 3 is 2.80 bits per heavy atom. The summed E-state index contributed by atoms with van der Waals surface area (Å²) in [5, 5.41) is 11.4. The fourth-order valence-corrected chi connectivity index (χ4v) is 5.62. The number of hydrogen-bond donors (Lipinski definition) is 3. The molecule has 11 heteroatoms. The lowest BCUT2D eigenvalue weighted by molar-refractivity contribution is -0.137. The molecule has 6 rings (SSSR count). The van der Waals surface area contributed by atoms with Crippen LogP contribution in [-0.4, -0.2) is 25.9 Å². The van der Waals surface area contributed by atoms with Crippen molar-refractivity contribution in [3.05, 3.63) is 64.7 Å². The number of benzene rings is 1. The summed E-state index contributed by atoms with van der Waals surface area (Å²) >= 11 is 1.17. The lowest BCUT2D eigenvalue weighted by Gasteiger charge is -2.37. The molecule has 3 N–H and O–H groups in total. The van der Waals surface area contributed by atoms with Crippen LogP contribution in [0.4, 0.5) is 19.0 Å². The van der Waals surface area contributed by atoms with E-state index in [2.05, 4.69) is 39.3 Å². The molecule has 4 aromatic rings. The van der Waals surface area contributed by atoms with E-state index in [0.717, 1.165) is 35.6 Å². The summed E-state index contributed by atoms with van der Waals surface area (Å²) in [4.78, 5) is 20.5. The number of alkyl halides is 3. The zero-order valence-electron chi connectivity index (χ0n) is 18.7. The number of Topliss-reactive ketones (excluding diaryl/α,β-unsaturated/α-hetero) is 1. The number of ketones is 1. The number of imidazole rings is 1. The smallest absolute Gasteiger partial charge is 0.416 e. The highest BCUT2D eigenvalue weighted by Gasteiger charge is 2.42. The van der Waals surface area contributed by atoms with E-state index in [1.54, 1.807) is 12.3 Å². The van der Waals surface area contributed by atoms with Crippen molar-refractivity contribution < 1.29 is 22.4 Å². The monoisotopic (exact) mass is 499 g/mol. The van der Waals surface area contributed by atoms with Crippen LogP contribution in [0, 0.1) is 5.41 Å². The number of rotatable bonds is 3. The van der Waals surface area contributed by atoms with Crippen molar-refractivity contribution >= 4 is 34.4 Å². The molecule has 3 aromatic heterocycles. The second-order valence-corrected chi connectivity index (χ2v) is 10.6. The Morgan fingerprint density at radius 2 is 2.00 bits per heavy atom. The van der Waals surface area contributed by atoms with Gasteiger partial charge in [-0.3, -0.25) is 9.89 Å². The predicted octanol–water partition coefficient (Wildman–Crippen LogP) is 6.25. The van der Waals surface area contributed by atoms with E-state index in [4.69, 9.17) is 4.42 Å². The van der Waals surface area contributed by atoms with Crippen molar-refractivity contribution in [2.75, 3.05) is 5.32 Å². The van der Waals surface area contributed by atoms with Gasteiger partial charge in [-0.05, 0) is 53.9 Å². The van der Waals surface area contributed by atoms with Crippen LogP contribution in [0.25, 0.3) is 11.0 Å². The van der Waals surface area contributed by atoms with Gasteiger partial charge in [0.1, 0.15) is 11.6 Å². The highest BCUT2D eigenvalue weighted by molar-refractivity contribution is 7.99. The van der Waals surface area contributed by atoms with Gasteiger partial charge in [-0.1, -0.05) is 13.8 Å². The number of hydrogen-bond acceptors (Lipinski definition) is 6. The summed E-state index contributed by atoms with van der Waals surface area (Å²) in [6.45, 7) is 4.14. The van der Waals surface area contributed by atoms with Gasteiger partial charge >= 0.3 is 6.18 Å². The number of carbonyl (C=O) groups excluding carboxylic acids is 1. The van der Waals surface area contributed by atoms with Gasteiger partial charge in [0.05, 0.1) is 28.7 Å². The fourth-order valence-electron chi connectivity index (χ4n) is 4.85. The van der Waals surface area contributed by atoms with E-state index in [-0.39, 0.29) is 11.2 Å². The summed E-state index contributed by atoms with van der Waals surface area (Å²) < 4.78 is 45.2. The zero-order chi connectivity index (χ0) is 24.5. The summed E-state index contributed by atoms with van der Waals surface area (Å²) in [5.41, 5.74) is 2.22. The van der Waals surface area contributed by atoms with Crippen LogP contribution in [0.15, 0.2) is 62.5 Å². The van der Waals surface area contributed by atoms with Crippen molar-refractivity contribution in [2.24, 2.45) is 5.41 Å². The van der Waals surface area contributed by atoms with E-state index in [0.29, 0.717) is 39.0 Å². The Kier molecular flexibility index (Phi) is 4.73. The van der Waals surface area contributed by atoms with E-state index in [1.165, 1.54) is 17.8 Å². The molecule has 2 aliphatic rings. The van der Waals surface area contributed by atoms with Crippen LogP contribution in [0.1, 0.15) is 49.5 Å². The highest BCUT2D eigenvalue weighted by Crippen LogP contribution is 2.49. The van der Waals surface area contributed by atoms with E-state index < -0.39 is 17.7 Å². The van der Waals surface area contributed by atoms with E-state index in [1.807, 2.05) is 6.07 Å². The van der Waals surface area contributed by atoms with Gasteiger partial charge in [-0.15, -0.1) is 0 Å². The molecule has 0 saturated heterocycles. The van der Waals surface area contributed by atoms with Gasteiger partial charge in [-0.25, -0.2) is 4.98 Å². The summed E-state index contributed by atoms with van der Waals surface area (Å²) in [7, 11) is 0. The number of halogens is 3. The van der Waals surface area contributed by atoms with Gasteiger partial charge in [0, 0.05) is 23.3 Å². The lowest BCUT2D eigenvalue weighted by atomic mass is 9.70. The van der Waals surface area contributed by atoms with Crippen LogP contribution in [-0.2, 0) is 11.0 Å². The number of aromatic amines is 2. The maximum atomic E-state index is 13.2. The first kappa shape index (κ1) is 22.0. The Hall–Kier alpha value is -3.47. The standard InChI is InChI=1S/C24H20F3N5O2S/c1-23(2)8-15-20(16(33)9-23)19(12-10-28-32-21(12)29-15)17-5-6-18(34-17)35-22-30-13-4-3-11(24(25,26)27)7-14(13)31-22/h3-7,10,19H,8-9H2,1-2H3,(H,30,31)(H2,28,29,32). The first-order valence-electron chi connectivity index (χ1n) is 11.0. The van der Waals surface area contributed by atoms with E-state index >= 15 is 0 Å². The molecule has 0 spiro atoms. The van der Waals surface area contributed by atoms with Gasteiger partial charge < -0.3 is 14.7 Å². The number of aromatic nitrogens is 4. The van der Waals surface area contributed by atoms with Crippen molar-refractivity contribution in [3.63, 3.8) is 0 Å². The Bertz CT molecular complexity index is 1510. The minimum Gasteiger partial charge on any atom is -0.453 e. The molecular formula is C24H20F3N5O2S. The first-order valence-corrected chi connectivity index (χ1v) is 11.8. The Labute approximate surface area is 201 Å². The molecule has 180 valence electrons. The number of furan rings is 1. The molecule has 35 heavy (non-hydrogen) atoms. The van der Waals surface area contributed by atoms with Gasteiger partial charge in [0.2, 0.25) is 0 Å². The SMILES string of the molecule is CC1(C)CC(=O)C2=C(C1)Nc1[nH]ncc1C2c1ccc(Sc2nc3ccc(C(F)(F)F)cc3[nH]2)o1. The number of allylic oxidation sites excluding steroid dienone is 2. The van der Waals surface area contributed by atoms with Gasteiger partial charge in [0.15, 0.2) is 16.0 Å².